The van der Waals surface area contributed by atoms with Crippen LogP contribution in [-0.2, 0) is 17.8 Å². The molecule has 1 saturated carbocycles. The van der Waals surface area contributed by atoms with Gasteiger partial charge in [-0.1, -0.05) is 49.6 Å². The summed E-state index contributed by atoms with van der Waals surface area (Å²) in [7, 11) is 0. The number of hydrogen-bond donors (Lipinski definition) is 1. The van der Waals surface area contributed by atoms with Crippen molar-refractivity contribution in [3.8, 4) is 0 Å². The fourth-order valence-corrected chi connectivity index (χ4v) is 6.18. The molecule has 0 bridgehead atoms. The first-order chi connectivity index (χ1) is 15.6. The fraction of sp³-hybridized carbons (Fsp3) is 0.462. The number of fused-ring (bicyclic) bond motifs is 3. The van der Waals surface area contributed by atoms with Gasteiger partial charge in [-0.2, -0.15) is 0 Å². The number of thiophene rings is 1. The van der Waals surface area contributed by atoms with Gasteiger partial charge in [0, 0.05) is 18.0 Å². The van der Waals surface area contributed by atoms with Crippen LogP contribution in [0.25, 0.3) is 10.2 Å². The van der Waals surface area contributed by atoms with E-state index in [2.05, 4.69) is 28.1 Å². The SMILES string of the molecule is C[C@@]1(C(=O)NC2CCCCC2)Cn2c(cc3ccsc32)C(=O)N1CCCc1ccccc1. The fourth-order valence-electron chi connectivity index (χ4n) is 5.28. The summed E-state index contributed by atoms with van der Waals surface area (Å²) in [5, 5.41) is 6.44. The number of nitrogens with zero attached hydrogens (tertiary/aromatic N) is 2. The molecule has 1 aromatic carbocycles. The normalized spacial score (nSPS) is 21.7. The topological polar surface area (TPSA) is 54.3 Å². The van der Waals surface area contributed by atoms with Gasteiger partial charge in [0.2, 0.25) is 5.91 Å². The zero-order chi connectivity index (χ0) is 22.1. The minimum Gasteiger partial charge on any atom is -0.351 e. The predicted molar refractivity (Wildman–Crippen MR) is 129 cm³/mol. The molecule has 3 aromatic rings. The first kappa shape index (κ1) is 21.3. The van der Waals surface area contributed by atoms with Crippen molar-refractivity contribution in [1.82, 2.24) is 14.8 Å². The number of rotatable bonds is 6. The molecule has 168 valence electrons. The molecule has 2 aromatic heterocycles. The average Bonchev–Trinajstić information content (AvgIpc) is 3.40. The molecule has 32 heavy (non-hydrogen) atoms. The molecular weight excluding hydrogens is 418 g/mol. The van der Waals surface area contributed by atoms with Crippen molar-refractivity contribution in [2.45, 2.75) is 70.0 Å². The Kier molecular flexibility index (Phi) is 5.80. The van der Waals surface area contributed by atoms with Gasteiger partial charge in [-0.25, -0.2) is 0 Å². The number of carbonyl (C=O) groups excluding carboxylic acids is 2. The molecule has 0 spiro atoms. The third kappa shape index (κ3) is 3.85. The van der Waals surface area contributed by atoms with Crippen molar-refractivity contribution in [1.29, 1.82) is 0 Å². The minimum atomic E-state index is -0.895. The highest BCUT2D eigenvalue weighted by atomic mass is 32.1. The van der Waals surface area contributed by atoms with E-state index >= 15 is 0 Å². The first-order valence-corrected chi connectivity index (χ1v) is 12.7. The number of nitrogens with one attached hydrogen (secondary N) is 1. The van der Waals surface area contributed by atoms with E-state index in [-0.39, 0.29) is 17.9 Å². The van der Waals surface area contributed by atoms with Crippen LogP contribution in [0, 0.1) is 0 Å². The Balaban J connectivity index is 1.42. The highest BCUT2D eigenvalue weighted by Gasteiger charge is 2.48. The summed E-state index contributed by atoms with van der Waals surface area (Å²) in [6.07, 6.45) is 7.37. The number of aryl methyl sites for hydroxylation is 1. The van der Waals surface area contributed by atoms with Crippen molar-refractivity contribution in [3.63, 3.8) is 0 Å². The summed E-state index contributed by atoms with van der Waals surface area (Å²) < 4.78 is 2.07. The van der Waals surface area contributed by atoms with Crippen molar-refractivity contribution in [2.75, 3.05) is 6.54 Å². The Morgan fingerprint density at radius 1 is 1.16 bits per heavy atom. The second-order valence-corrected chi connectivity index (χ2v) is 10.3. The van der Waals surface area contributed by atoms with Crippen LogP contribution >= 0.6 is 11.3 Å². The zero-order valence-corrected chi connectivity index (χ0v) is 19.5. The van der Waals surface area contributed by atoms with Crippen molar-refractivity contribution >= 4 is 33.4 Å². The maximum atomic E-state index is 13.7. The zero-order valence-electron chi connectivity index (χ0n) is 18.7. The smallest absolute Gasteiger partial charge is 0.271 e. The first-order valence-electron chi connectivity index (χ1n) is 11.8. The largest absolute Gasteiger partial charge is 0.351 e. The van der Waals surface area contributed by atoms with Gasteiger partial charge in [0.05, 0.1) is 6.54 Å². The standard InChI is InChI=1S/C26H31N3O2S/c1-26(25(31)27-21-12-6-3-7-13-21)18-28-22(17-20-14-16-32-24(20)28)23(30)29(26)15-8-11-19-9-4-2-5-10-19/h2,4-5,9-10,14,16-17,21H,3,6-8,11-13,15,18H2,1H3,(H,27,31)/t26-/m0/s1. The van der Waals surface area contributed by atoms with Crippen LogP contribution in [-0.4, -0.2) is 39.4 Å². The number of carbonyl (C=O) groups is 2. The summed E-state index contributed by atoms with van der Waals surface area (Å²) in [4.78, 5) is 30.3. The van der Waals surface area contributed by atoms with Gasteiger partial charge < -0.3 is 14.8 Å². The third-order valence-electron chi connectivity index (χ3n) is 7.15. The molecule has 2 amide bonds. The molecule has 3 heterocycles. The Hall–Kier alpha value is -2.60. The van der Waals surface area contributed by atoms with Gasteiger partial charge in [0.1, 0.15) is 16.1 Å². The number of benzene rings is 1. The molecule has 0 radical (unpaired) electrons. The molecule has 6 heteroatoms. The van der Waals surface area contributed by atoms with E-state index in [1.54, 1.807) is 11.3 Å². The highest BCUT2D eigenvalue weighted by Crippen LogP contribution is 2.35. The second kappa shape index (κ2) is 8.74. The summed E-state index contributed by atoms with van der Waals surface area (Å²) in [5.41, 5.74) is 1.07. The maximum Gasteiger partial charge on any atom is 0.271 e. The van der Waals surface area contributed by atoms with Crippen LogP contribution in [0.4, 0.5) is 0 Å². The van der Waals surface area contributed by atoms with Crippen LogP contribution in [0.15, 0.2) is 47.8 Å². The quantitative estimate of drug-likeness (QED) is 0.576. The molecule has 0 saturated heterocycles. The summed E-state index contributed by atoms with van der Waals surface area (Å²) in [6.45, 7) is 3.02. The molecule has 0 unspecified atom stereocenters. The Labute approximate surface area is 193 Å². The maximum absolute atomic E-state index is 13.7. The van der Waals surface area contributed by atoms with E-state index in [0.29, 0.717) is 18.8 Å². The van der Waals surface area contributed by atoms with Gasteiger partial charge >= 0.3 is 0 Å². The van der Waals surface area contributed by atoms with Crippen LogP contribution in [0.2, 0.25) is 0 Å². The number of hydrogen-bond acceptors (Lipinski definition) is 3. The van der Waals surface area contributed by atoms with E-state index in [0.717, 1.165) is 35.9 Å². The van der Waals surface area contributed by atoms with Gasteiger partial charge in [-0.15, -0.1) is 11.3 Å². The molecule has 1 aliphatic heterocycles. The lowest BCUT2D eigenvalue weighted by Crippen LogP contribution is -2.65. The molecule has 1 aliphatic carbocycles. The molecule has 1 atom stereocenters. The molecule has 5 rings (SSSR count). The van der Waals surface area contributed by atoms with Crippen LogP contribution in [0.3, 0.4) is 0 Å². The van der Waals surface area contributed by atoms with E-state index in [1.807, 2.05) is 41.5 Å². The Morgan fingerprint density at radius 3 is 2.72 bits per heavy atom. The molecule has 1 N–H and O–H groups in total. The predicted octanol–water partition coefficient (Wildman–Crippen LogP) is 5.00. The number of aromatic nitrogens is 1. The second-order valence-electron chi connectivity index (χ2n) is 9.43. The van der Waals surface area contributed by atoms with E-state index < -0.39 is 5.54 Å². The minimum absolute atomic E-state index is 0.0125. The molecular formula is C26H31N3O2S. The number of amides is 2. The lowest BCUT2D eigenvalue weighted by molar-refractivity contribution is -0.133. The monoisotopic (exact) mass is 449 g/mol. The van der Waals surface area contributed by atoms with Crippen LogP contribution < -0.4 is 5.32 Å². The Morgan fingerprint density at radius 2 is 1.94 bits per heavy atom. The van der Waals surface area contributed by atoms with Gasteiger partial charge in [0.25, 0.3) is 5.91 Å². The van der Waals surface area contributed by atoms with Gasteiger partial charge in [-0.3, -0.25) is 9.59 Å². The van der Waals surface area contributed by atoms with Gasteiger partial charge in [-0.05, 0) is 55.7 Å². The average molecular weight is 450 g/mol. The summed E-state index contributed by atoms with van der Waals surface area (Å²) in [6, 6.07) is 14.6. The van der Waals surface area contributed by atoms with Crippen molar-refractivity contribution < 1.29 is 9.59 Å². The highest BCUT2D eigenvalue weighted by molar-refractivity contribution is 7.16. The van der Waals surface area contributed by atoms with Gasteiger partial charge in [0.15, 0.2) is 0 Å². The van der Waals surface area contributed by atoms with Crippen LogP contribution in [0.5, 0.6) is 0 Å². The molecule has 2 aliphatic rings. The van der Waals surface area contributed by atoms with Crippen LogP contribution in [0.1, 0.15) is 61.5 Å². The van der Waals surface area contributed by atoms with E-state index in [9.17, 15) is 9.59 Å². The lowest BCUT2D eigenvalue weighted by atomic mass is 9.91. The van der Waals surface area contributed by atoms with E-state index in [4.69, 9.17) is 0 Å². The van der Waals surface area contributed by atoms with Crippen molar-refractivity contribution in [3.05, 3.63) is 59.1 Å². The Bertz CT molecular complexity index is 1110. The molecule has 1 fully saturated rings. The lowest BCUT2D eigenvalue weighted by Gasteiger charge is -2.45. The molecule has 5 nitrogen and oxygen atoms in total. The third-order valence-corrected chi connectivity index (χ3v) is 8.10. The summed E-state index contributed by atoms with van der Waals surface area (Å²) >= 11 is 1.64. The van der Waals surface area contributed by atoms with Crippen molar-refractivity contribution in [2.24, 2.45) is 0 Å². The summed E-state index contributed by atoms with van der Waals surface area (Å²) in [5.74, 6) is -0.0458. The van der Waals surface area contributed by atoms with E-state index in [1.165, 1.54) is 24.8 Å².